The molecule has 118 valence electrons. The van der Waals surface area contributed by atoms with E-state index in [-0.39, 0.29) is 0 Å². The van der Waals surface area contributed by atoms with Crippen molar-refractivity contribution in [2.75, 3.05) is 26.2 Å². The molecule has 0 aromatic carbocycles. The minimum atomic E-state index is -3.33. The Kier molecular flexibility index (Phi) is 4.66. The van der Waals surface area contributed by atoms with E-state index in [2.05, 4.69) is 4.90 Å². The highest BCUT2D eigenvalue weighted by Gasteiger charge is 2.36. The second kappa shape index (κ2) is 6.34. The first-order valence-corrected chi connectivity index (χ1v) is 9.95. The van der Waals surface area contributed by atoms with Gasteiger partial charge < -0.3 is 5.73 Å². The van der Waals surface area contributed by atoms with Crippen LogP contribution in [0.2, 0.25) is 0 Å². The lowest BCUT2D eigenvalue weighted by atomic mass is 10.1. The van der Waals surface area contributed by atoms with E-state index in [1.165, 1.54) is 30.6 Å². The Balaban J connectivity index is 1.69. The monoisotopic (exact) mass is 329 g/mol. The van der Waals surface area contributed by atoms with Crippen LogP contribution in [0.3, 0.4) is 0 Å². The van der Waals surface area contributed by atoms with Crippen LogP contribution >= 0.6 is 11.3 Å². The minimum absolute atomic E-state index is 0.391. The third-order valence-corrected chi connectivity index (χ3v) is 7.82. The van der Waals surface area contributed by atoms with Gasteiger partial charge in [0.2, 0.25) is 0 Å². The first kappa shape index (κ1) is 15.4. The van der Waals surface area contributed by atoms with Crippen molar-refractivity contribution in [1.29, 1.82) is 0 Å². The molecule has 0 bridgehead atoms. The second-order valence-corrected chi connectivity index (χ2v) is 8.96. The largest absolute Gasteiger partial charge is 0.326 e. The fourth-order valence-corrected chi connectivity index (χ4v) is 6.10. The van der Waals surface area contributed by atoms with Gasteiger partial charge in [0, 0.05) is 25.7 Å². The number of likely N-dealkylation sites (tertiary alicyclic amines) is 1. The lowest BCUT2D eigenvalue weighted by Crippen LogP contribution is -2.41. The minimum Gasteiger partial charge on any atom is -0.326 e. The molecule has 2 aliphatic rings. The van der Waals surface area contributed by atoms with E-state index in [0.29, 0.717) is 29.9 Å². The number of thiophene rings is 1. The van der Waals surface area contributed by atoms with E-state index >= 15 is 0 Å². The Hall–Kier alpha value is -0.470. The van der Waals surface area contributed by atoms with Crippen LogP contribution in [0, 0.1) is 0 Å². The summed E-state index contributed by atoms with van der Waals surface area (Å²) < 4.78 is 27.4. The first-order chi connectivity index (χ1) is 10.1. The summed E-state index contributed by atoms with van der Waals surface area (Å²) in [6.45, 7) is 3.91. The summed E-state index contributed by atoms with van der Waals surface area (Å²) in [5.41, 5.74) is 6.46. The zero-order chi connectivity index (χ0) is 14.9. The van der Waals surface area contributed by atoms with E-state index in [1.54, 1.807) is 10.4 Å². The Labute approximate surface area is 130 Å². The number of nitrogens with two attached hydrogens (primary N) is 1. The van der Waals surface area contributed by atoms with Crippen LogP contribution in [-0.2, 0) is 16.6 Å². The van der Waals surface area contributed by atoms with Gasteiger partial charge in [0.25, 0.3) is 10.0 Å². The van der Waals surface area contributed by atoms with Gasteiger partial charge in [-0.1, -0.05) is 6.42 Å². The standard InChI is InChI=1S/C14H23N3O2S2/c15-9-12-8-14(20-11-12)21(18,19)17-7-4-13(10-17)16-5-2-1-3-6-16/h8,11,13H,1-7,9-10,15H2. The summed E-state index contributed by atoms with van der Waals surface area (Å²) in [4.78, 5) is 2.47. The molecule has 1 aromatic rings. The number of rotatable bonds is 4. The van der Waals surface area contributed by atoms with Gasteiger partial charge >= 0.3 is 0 Å². The van der Waals surface area contributed by atoms with Crippen LogP contribution in [0.4, 0.5) is 0 Å². The van der Waals surface area contributed by atoms with Gasteiger partial charge in [0.05, 0.1) is 0 Å². The van der Waals surface area contributed by atoms with Crippen molar-refractivity contribution >= 4 is 21.4 Å². The van der Waals surface area contributed by atoms with Gasteiger partial charge in [-0.3, -0.25) is 4.90 Å². The third-order valence-electron chi connectivity index (χ3n) is 4.49. The number of hydrogen-bond donors (Lipinski definition) is 1. The summed E-state index contributed by atoms with van der Waals surface area (Å²) in [6, 6.07) is 2.11. The van der Waals surface area contributed by atoms with Gasteiger partial charge in [-0.2, -0.15) is 4.31 Å². The van der Waals surface area contributed by atoms with Crippen molar-refractivity contribution in [3.05, 3.63) is 17.0 Å². The van der Waals surface area contributed by atoms with Crippen LogP contribution in [0.1, 0.15) is 31.2 Å². The molecule has 3 rings (SSSR count). The van der Waals surface area contributed by atoms with E-state index in [1.807, 2.05) is 5.38 Å². The molecule has 1 aromatic heterocycles. The molecule has 0 aliphatic carbocycles. The number of hydrogen-bond acceptors (Lipinski definition) is 5. The van der Waals surface area contributed by atoms with Crippen LogP contribution in [-0.4, -0.2) is 49.8 Å². The summed E-state index contributed by atoms with van der Waals surface area (Å²) >= 11 is 1.28. The summed E-state index contributed by atoms with van der Waals surface area (Å²) in [5, 5.41) is 1.84. The SMILES string of the molecule is NCc1csc(S(=O)(=O)N2CCC(N3CCCCC3)C2)c1. The van der Waals surface area contributed by atoms with Crippen LogP contribution in [0.15, 0.2) is 15.7 Å². The summed E-state index contributed by atoms with van der Waals surface area (Å²) in [6.07, 6.45) is 4.75. The number of piperidine rings is 1. The number of nitrogens with zero attached hydrogens (tertiary/aromatic N) is 2. The van der Waals surface area contributed by atoms with Gasteiger partial charge in [-0.15, -0.1) is 11.3 Å². The summed E-state index contributed by atoms with van der Waals surface area (Å²) in [7, 11) is -3.33. The normalized spacial score (nSPS) is 25.5. The Morgan fingerprint density at radius 1 is 1.24 bits per heavy atom. The maximum atomic E-state index is 12.7. The van der Waals surface area contributed by atoms with Gasteiger partial charge in [0.1, 0.15) is 4.21 Å². The topological polar surface area (TPSA) is 66.6 Å². The van der Waals surface area contributed by atoms with Crippen molar-refractivity contribution in [1.82, 2.24) is 9.21 Å². The average Bonchev–Trinajstić information content (AvgIpc) is 3.18. The molecule has 2 fully saturated rings. The third kappa shape index (κ3) is 3.17. The predicted octanol–water partition coefficient (Wildman–Crippen LogP) is 1.46. The zero-order valence-electron chi connectivity index (χ0n) is 12.2. The molecule has 5 nitrogen and oxygen atoms in total. The molecule has 7 heteroatoms. The maximum absolute atomic E-state index is 12.7. The Morgan fingerprint density at radius 2 is 2.00 bits per heavy atom. The molecule has 0 radical (unpaired) electrons. The van der Waals surface area contributed by atoms with Gasteiger partial charge in [-0.05, 0) is 49.4 Å². The molecule has 2 saturated heterocycles. The molecule has 0 amide bonds. The lowest BCUT2D eigenvalue weighted by Gasteiger charge is -2.32. The van der Waals surface area contributed by atoms with Crippen molar-refractivity contribution in [2.45, 2.75) is 42.5 Å². The highest BCUT2D eigenvalue weighted by Crippen LogP contribution is 2.28. The van der Waals surface area contributed by atoms with Crippen LogP contribution in [0.5, 0.6) is 0 Å². The average molecular weight is 329 g/mol. The number of sulfonamides is 1. The van der Waals surface area contributed by atoms with Crippen LogP contribution in [0.25, 0.3) is 0 Å². The van der Waals surface area contributed by atoms with Crippen molar-refractivity contribution in [2.24, 2.45) is 5.73 Å². The molecular formula is C14H23N3O2S2. The molecule has 3 heterocycles. The smallest absolute Gasteiger partial charge is 0.252 e. The highest BCUT2D eigenvalue weighted by atomic mass is 32.2. The fourth-order valence-electron chi connectivity index (χ4n) is 3.23. The van der Waals surface area contributed by atoms with Crippen molar-refractivity contribution in [3.8, 4) is 0 Å². The van der Waals surface area contributed by atoms with E-state index < -0.39 is 10.0 Å². The molecule has 1 unspecified atom stereocenters. The van der Waals surface area contributed by atoms with E-state index in [0.717, 1.165) is 25.1 Å². The molecule has 2 N–H and O–H groups in total. The molecular weight excluding hydrogens is 306 g/mol. The quantitative estimate of drug-likeness (QED) is 0.908. The van der Waals surface area contributed by atoms with E-state index in [9.17, 15) is 8.42 Å². The van der Waals surface area contributed by atoms with Gasteiger partial charge in [0.15, 0.2) is 0 Å². The Morgan fingerprint density at radius 3 is 2.67 bits per heavy atom. The fraction of sp³-hybridized carbons (Fsp3) is 0.714. The highest BCUT2D eigenvalue weighted by molar-refractivity contribution is 7.91. The predicted molar refractivity (Wildman–Crippen MR) is 84.8 cm³/mol. The molecule has 21 heavy (non-hydrogen) atoms. The van der Waals surface area contributed by atoms with Gasteiger partial charge in [-0.25, -0.2) is 8.42 Å². The summed E-state index contributed by atoms with van der Waals surface area (Å²) in [5.74, 6) is 0. The molecule has 0 saturated carbocycles. The lowest BCUT2D eigenvalue weighted by molar-refractivity contribution is 0.169. The molecule has 1 atom stereocenters. The van der Waals surface area contributed by atoms with Crippen molar-refractivity contribution in [3.63, 3.8) is 0 Å². The van der Waals surface area contributed by atoms with Crippen LogP contribution < -0.4 is 5.73 Å². The second-order valence-electron chi connectivity index (χ2n) is 5.88. The maximum Gasteiger partial charge on any atom is 0.252 e. The molecule has 2 aliphatic heterocycles. The van der Waals surface area contributed by atoms with E-state index in [4.69, 9.17) is 5.73 Å². The Bertz CT molecular complexity index is 579. The first-order valence-electron chi connectivity index (χ1n) is 7.63. The molecule has 0 spiro atoms. The zero-order valence-corrected chi connectivity index (χ0v) is 13.8. The van der Waals surface area contributed by atoms with Crippen molar-refractivity contribution < 1.29 is 8.42 Å².